The lowest BCUT2D eigenvalue weighted by molar-refractivity contribution is 0.669. The van der Waals surface area contributed by atoms with E-state index in [1.54, 1.807) is 12.4 Å². The van der Waals surface area contributed by atoms with Crippen LogP contribution in [0.4, 0.5) is 0 Å². The predicted molar refractivity (Wildman–Crippen MR) is 82.4 cm³/mol. The van der Waals surface area contributed by atoms with Gasteiger partial charge >= 0.3 is 0 Å². The molecule has 0 radical (unpaired) electrons. The second-order valence-electron chi connectivity index (χ2n) is 4.50. The summed E-state index contributed by atoms with van der Waals surface area (Å²) >= 11 is 3.40. The largest absolute Gasteiger partial charge is 0.454 e. The molecule has 0 aliphatic rings. The van der Waals surface area contributed by atoms with E-state index in [-0.39, 0.29) is 0 Å². The highest BCUT2D eigenvalue weighted by molar-refractivity contribution is 9.10. The van der Waals surface area contributed by atoms with Crippen LogP contribution in [0.1, 0.15) is 0 Å². The molecule has 0 amide bonds. The minimum Gasteiger partial charge on any atom is -0.454 e. The van der Waals surface area contributed by atoms with Gasteiger partial charge in [-0.1, -0.05) is 6.07 Å². The van der Waals surface area contributed by atoms with Crippen molar-refractivity contribution in [2.24, 2.45) is 0 Å². The van der Waals surface area contributed by atoms with Crippen LogP contribution < -0.4 is 0 Å². The molecule has 3 heterocycles. The minimum atomic E-state index is 0.798. The van der Waals surface area contributed by atoms with Gasteiger partial charge in [-0.05, 0) is 52.3 Å². The van der Waals surface area contributed by atoms with Crippen molar-refractivity contribution in [3.8, 4) is 11.3 Å². The van der Waals surface area contributed by atoms with Crippen LogP contribution in [-0.2, 0) is 0 Å². The number of para-hydroxylation sites is 1. The van der Waals surface area contributed by atoms with Gasteiger partial charge in [-0.2, -0.15) is 0 Å². The molecule has 0 atom stereocenters. The van der Waals surface area contributed by atoms with Gasteiger partial charge in [-0.15, -0.1) is 0 Å². The molecule has 0 aliphatic carbocycles. The molecule has 4 aromatic rings. The van der Waals surface area contributed by atoms with Gasteiger partial charge < -0.3 is 4.42 Å². The second-order valence-corrected chi connectivity index (χ2v) is 5.41. The van der Waals surface area contributed by atoms with Gasteiger partial charge in [0.1, 0.15) is 11.1 Å². The Morgan fingerprint density at radius 2 is 1.90 bits per heavy atom. The molecule has 0 fully saturated rings. The molecule has 0 aliphatic heterocycles. The smallest absolute Gasteiger partial charge is 0.153 e. The first-order valence-electron chi connectivity index (χ1n) is 6.21. The summed E-state index contributed by atoms with van der Waals surface area (Å²) in [5, 5.41) is 1.02. The summed E-state index contributed by atoms with van der Waals surface area (Å²) in [5.74, 6) is 0. The molecule has 3 nitrogen and oxygen atoms in total. The van der Waals surface area contributed by atoms with Crippen molar-refractivity contribution in [3.63, 3.8) is 0 Å². The van der Waals surface area contributed by atoms with E-state index in [1.807, 2.05) is 42.5 Å². The predicted octanol–water partition coefficient (Wildman–Crippen LogP) is 4.81. The van der Waals surface area contributed by atoms with E-state index < -0.39 is 0 Å². The fraction of sp³-hybridized carbons (Fsp3) is 0. The molecule has 0 N–H and O–H groups in total. The average Bonchev–Trinajstić information content (AvgIpc) is 2.87. The average molecular weight is 325 g/mol. The molecule has 0 bridgehead atoms. The summed E-state index contributed by atoms with van der Waals surface area (Å²) in [5.41, 5.74) is 4.38. The van der Waals surface area contributed by atoms with Gasteiger partial charge in [0.2, 0.25) is 0 Å². The minimum absolute atomic E-state index is 0.798. The SMILES string of the molecule is Brc1ccc(-c2cccc3c2oc2cccnc23)nc1. The van der Waals surface area contributed by atoms with Crippen LogP contribution >= 0.6 is 15.9 Å². The molecular formula is C16H9BrN2O. The molecule has 0 unspecified atom stereocenters. The number of hydrogen-bond acceptors (Lipinski definition) is 3. The number of furan rings is 1. The van der Waals surface area contributed by atoms with Gasteiger partial charge in [0.15, 0.2) is 5.58 Å². The van der Waals surface area contributed by atoms with Crippen molar-refractivity contribution in [3.05, 3.63) is 59.3 Å². The quantitative estimate of drug-likeness (QED) is 0.504. The van der Waals surface area contributed by atoms with Crippen molar-refractivity contribution in [2.75, 3.05) is 0 Å². The lowest BCUT2D eigenvalue weighted by atomic mass is 10.1. The number of rotatable bonds is 1. The van der Waals surface area contributed by atoms with E-state index in [9.17, 15) is 0 Å². The van der Waals surface area contributed by atoms with Gasteiger partial charge in [-0.3, -0.25) is 9.97 Å². The summed E-state index contributed by atoms with van der Waals surface area (Å²) in [4.78, 5) is 8.84. The van der Waals surface area contributed by atoms with Crippen LogP contribution in [0.3, 0.4) is 0 Å². The van der Waals surface area contributed by atoms with E-state index in [0.717, 1.165) is 37.8 Å². The molecule has 0 saturated carbocycles. The summed E-state index contributed by atoms with van der Waals surface area (Å²) in [7, 11) is 0. The van der Waals surface area contributed by atoms with E-state index in [1.165, 1.54) is 0 Å². The Balaban J connectivity index is 2.07. The van der Waals surface area contributed by atoms with Crippen LogP contribution in [-0.4, -0.2) is 9.97 Å². The molecule has 1 aromatic carbocycles. The standard InChI is InChI=1S/C16H9BrN2O/c17-10-6-7-13(19-9-10)11-3-1-4-12-15-14(20-16(11)12)5-2-8-18-15/h1-9H. The van der Waals surface area contributed by atoms with Crippen molar-refractivity contribution in [2.45, 2.75) is 0 Å². The maximum absolute atomic E-state index is 5.95. The van der Waals surface area contributed by atoms with Gasteiger partial charge in [-0.25, -0.2) is 0 Å². The fourth-order valence-electron chi connectivity index (χ4n) is 2.36. The number of nitrogens with zero attached hydrogens (tertiary/aromatic N) is 2. The zero-order chi connectivity index (χ0) is 13.5. The molecule has 3 aromatic heterocycles. The lowest BCUT2D eigenvalue weighted by Gasteiger charge is -2.01. The third kappa shape index (κ3) is 1.72. The Morgan fingerprint density at radius 3 is 2.75 bits per heavy atom. The number of hydrogen-bond donors (Lipinski definition) is 0. The number of aromatic nitrogens is 2. The van der Waals surface area contributed by atoms with Gasteiger partial charge in [0.05, 0.1) is 5.69 Å². The molecule has 20 heavy (non-hydrogen) atoms. The Hall–Kier alpha value is -2.20. The highest BCUT2D eigenvalue weighted by Crippen LogP contribution is 2.33. The topological polar surface area (TPSA) is 38.9 Å². The highest BCUT2D eigenvalue weighted by atomic mass is 79.9. The Bertz CT molecular complexity index is 913. The fourth-order valence-corrected chi connectivity index (χ4v) is 2.59. The van der Waals surface area contributed by atoms with Crippen LogP contribution in [0, 0.1) is 0 Å². The van der Waals surface area contributed by atoms with E-state index in [0.29, 0.717) is 0 Å². The zero-order valence-electron chi connectivity index (χ0n) is 10.4. The van der Waals surface area contributed by atoms with E-state index in [2.05, 4.69) is 25.9 Å². The monoisotopic (exact) mass is 324 g/mol. The van der Waals surface area contributed by atoms with Gasteiger partial charge in [0, 0.05) is 27.8 Å². The zero-order valence-corrected chi connectivity index (χ0v) is 12.0. The Morgan fingerprint density at radius 1 is 0.950 bits per heavy atom. The first-order valence-corrected chi connectivity index (χ1v) is 7.00. The van der Waals surface area contributed by atoms with Crippen molar-refractivity contribution < 1.29 is 4.42 Å². The maximum Gasteiger partial charge on any atom is 0.153 e. The molecule has 0 spiro atoms. The normalized spacial score (nSPS) is 11.2. The summed E-state index contributed by atoms with van der Waals surface area (Å²) in [6.45, 7) is 0. The van der Waals surface area contributed by atoms with Gasteiger partial charge in [0.25, 0.3) is 0 Å². The molecule has 4 rings (SSSR count). The van der Waals surface area contributed by atoms with Crippen LogP contribution in [0.2, 0.25) is 0 Å². The van der Waals surface area contributed by atoms with Crippen molar-refractivity contribution in [1.82, 2.24) is 9.97 Å². The summed E-state index contributed by atoms with van der Waals surface area (Å²) < 4.78 is 6.91. The number of halogens is 1. The maximum atomic E-state index is 5.95. The molecule has 96 valence electrons. The third-order valence-electron chi connectivity index (χ3n) is 3.26. The van der Waals surface area contributed by atoms with Crippen molar-refractivity contribution in [1.29, 1.82) is 0 Å². The first kappa shape index (κ1) is 11.6. The van der Waals surface area contributed by atoms with Crippen LogP contribution in [0.5, 0.6) is 0 Å². The van der Waals surface area contributed by atoms with Crippen LogP contribution in [0.25, 0.3) is 33.3 Å². The summed E-state index contributed by atoms with van der Waals surface area (Å²) in [6.07, 6.45) is 3.57. The third-order valence-corrected chi connectivity index (χ3v) is 3.73. The Kier molecular flexibility index (Phi) is 2.57. The molecule has 0 saturated heterocycles. The van der Waals surface area contributed by atoms with E-state index in [4.69, 9.17) is 4.42 Å². The number of benzene rings is 1. The summed E-state index contributed by atoms with van der Waals surface area (Å²) in [6, 6.07) is 13.8. The second kappa shape index (κ2) is 4.42. The van der Waals surface area contributed by atoms with Crippen molar-refractivity contribution >= 4 is 38.0 Å². The molecule has 4 heteroatoms. The van der Waals surface area contributed by atoms with Crippen LogP contribution in [0.15, 0.2) is 63.7 Å². The number of fused-ring (bicyclic) bond motifs is 3. The van der Waals surface area contributed by atoms with E-state index >= 15 is 0 Å². The Labute approximate surface area is 123 Å². The molecular weight excluding hydrogens is 316 g/mol. The lowest BCUT2D eigenvalue weighted by Crippen LogP contribution is -1.83. The first-order chi connectivity index (χ1) is 9.83. The number of pyridine rings is 2. The highest BCUT2D eigenvalue weighted by Gasteiger charge is 2.12.